The quantitative estimate of drug-likeness (QED) is 0.737. The predicted molar refractivity (Wildman–Crippen MR) is 90.1 cm³/mol. The van der Waals surface area contributed by atoms with Gasteiger partial charge in [-0.05, 0) is 24.8 Å². The molecule has 0 aliphatic rings. The minimum absolute atomic E-state index is 0.0405. The van der Waals surface area contributed by atoms with Crippen molar-refractivity contribution in [1.29, 1.82) is 0 Å². The van der Waals surface area contributed by atoms with E-state index in [2.05, 4.69) is 4.72 Å². The Morgan fingerprint density at radius 1 is 1.55 bits per heavy atom. The molecule has 0 fully saturated rings. The molecule has 0 spiro atoms. The fraction of sp³-hybridized carbons (Fsp3) is 0.417. The second-order valence-electron chi connectivity index (χ2n) is 4.19. The van der Waals surface area contributed by atoms with Crippen LogP contribution in [0.15, 0.2) is 23.1 Å². The SMILES string of the molecule is CCC(CSC)NS(=O)(=O)c1ccc(C(N)=S)cc1Cl. The normalized spacial score (nSPS) is 13.2. The van der Waals surface area contributed by atoms with Crippen molar-refractivity contribution >= 4 is 50.6 Å². The van der Waals surface area contributed by atoms with Crippen LogP contribution in [0.2, 0.25) is 5.02 Å². The van der Waals surface area contributed by atoms with Gasteiger partial charge in [0.25, 0.3) is 0 Å². The summed E-state index contributed by atoms with van der Waals surface area (Å²) in [5.41, 5.74) is 6.03. The van der Waals surface area contributed by atoms with Gasteiger partial charge < -0.3 is 5.73 Å². The third-order valence-electron chi connectivity index (χ3n) is 2.69. The number of hydrogen-bond donors (Lipinski definition) is 2. The van der Waals surface area contributed by atoms with E-state index in [0.29, 0.717) is 17.7 Å². The fourth-order valence-electron chi connectivity index (χ4n) is 1.59. The highest BCUT2D eigenvalue weighted by Gasteiger charge is 2.21. The Balaban J connectivity index is 3.06. The lowest BCUT2D eigenvalue weighted by atomic mass is 10.2. The van der Waals surface area contributed by atoms with Gasteiger partial charge in [0.05, 0.1) is 5.02 Å². The Morgan fingerprint density at radius 2 is 2.20 bits per heavy atom. The molecule has 0 heterocycles. The van der Waals surface area contributed by atoms with Crippen LogP contribution in [-0.2, 0) is 10.0 Å². The van der Waals surface area contributed by atoms with Crippen molar-refractivity contribution in [2.75, 3.05) is 12.0 Å². The first kappa shape index (κ1) is 17.7. The molecule has 112 valence electrons. The van der Waals surface area contributed by atoms with Gasteiger partial charge in [-0.2, -0.15) is 11.8 Å². The van der Waals surface area contributed by atoms with Gasteiger partial charge >= 0.3 is 0 Å². The van der Waals surface area contributed by atoms with Gasteiger partial charge in [-0.1, -0.05) is 36.8 Å². The Bertz CT molecular complexity index is 590. The van der Waals surface area contributed by atoms with Gasteiger partial charge in [0.2, 0.25) is 10.0 Å². The zero-order valence-corrected chi connectivity index (χ0v) is 14.4. The second-order valence-corrected chi connectivity index (χ2v) is 7.63. The Hall–Kier alpha value is -0.340. The van der Waals surface area contributed by atoms with Crippen molar-refractivity contribution in [1.82, 2.24) is 4.72 Å². The predicted octanol–water partition coefficient (Wildman–Crippen LogP) is 2.39. The van der Waals surface area contributed by atoms with Crippen LogP contribution >= 0.6 is 35.6 Å². The maximum atomic E-state index is 12.3. The molecule has 0 bridgehead atoms. The molecule has 0 aliphatic carbocycles. The number of thiocarbonyl (C=S) groups is 1. The fourth-order valence-corrected chi connectivity index (χ4v) is 4.41. The number of sulfonamides is 1. The summed E-state index contributed by atoms with van der Waals surface area (Å²) in [6.45, 7) is 1.93. The van der Waals surface area contributed by atoms with E-state index in [4.69, 9.17) is 29.6 Å². The molecule has 0 aromatic heterocycles. The first-order valence-corrected chi connectivity index (χ1v) is 9.58. The number of halogens is 1. The molecule has 0 radical (unpaired) electrons. The van der Waals surface area contributed by atoms with E-state index in [1.54, 1.807) is 17.8 Å². The van der Waals surface area contributed by atoms with Crippen LogP contribution in [0.25, 0.3) is 0 Å². The molecule has 4 nitrogen and oxygen atoms in total. The van der Waals surface area contributed by atoms with E-state index in [0.717, 1.165) is 0 Å². The number of hydrogen-bond acceptors (Lipinski definition) is 4. The zero-order chi connectivity index (χ0) is 15.3. The van der Waals surface area contributed by atoms with Crippen molar-refractivity contribution in [3.8, 4) is 0 Å². The van der Waals surface area contributed by atoms with Crippen LogP contribution in [0.5, 0.6) is 0 Å². The zero-order valence-electron chi connectivity index (χ0n) is 11.2. The summed E-state index contributed by atoms with van der Waals surface area (Å²) in [5, 5.41) is 0.113. The van der Waals surface area contributed by atoms with Crippen LogP contribution in [0.1, 0.15) is 18.9 Å². The van der Waals surface area contributed by atoms with Crippen LogP contribution in [0.3, 0.4) is 0 Å². The van der Waals surface area contributed by atoms with Crippen LogP contribution in [0, 0.1) is 0 Å². The van der Waals surface area contributed by atoms with E-state index < -0.39 is 10.0 Å². The molecule has 1 aromatic carbocycles. The van der Waals surface area contributed by atoms with E-state index in [9.17, 15) is 8.42 Å². The van der Waals surface area contributed by atoms with Crippen molar-refractivity contribution < 1.29 is 8.42 Å². The van der Waals surface area contributed by atoms with Crippen LogP contribution in [-0.4, -0.2) is 31.5 Å². The van der Waals surface area contributed by atoms with E-state index in [1.165, 1.54) is 12.1 Å². The second kappa shape index (κ2) is 7.61. The van der Waals surface area contributed by atoms with Gasteiger partial charge in [-0.15, -0.1) is 0 Å². The summed E-state index contributed by atoms with van der Waals surface area (Å²) >= 11 is 12.4. The van der Waals surface area contributed by atoms with E-state index in [1.807, 2.05) is 13.2 Å². The van der Waals surface area contributed by atoms with Crippen molar-refractivity contribution in [3.05, 3.63) is 28.8 Å². The molecule has 8 heteroatoms. The Labute approximate surface area is 134 Å². The van der Waals surface area contributed by atoms with Crippen molar-refractivity contribution in [2.24, 2.45) is 5.73 Å². The largest absolute Gasteiger partial charge is 0.389 e. The summed E-state index contributed by atoms with van der Waals surface area (Å²) in [5.74, 6) is 0.707. The molecule has 0 aliphatic heterocycles. The average molecular weight is 353 g/mol. The number of nitrogens with two attached hydrogens (primary N) is 1. The highest BCUT2D eigenvalue weighted by Crippen LogP contribution is 2.23. The summed E-state index contributed by atoms with van der Waals surface area (Å²) in [4.78, 5) is 0.219. The Morgan fingerprint density at radius 3 is 2.65 bits per heavy atom. The highest BCUT2D eigenvalue weighted by atomic mass is 35.5. The first-order chi connectivity index (χ1) is 9.31. The van der Waals surface area contributed by atoms with Gasteiger partial charge in [0.1, 0.15) is 9.88 Å². The lowest BCUT2D eigenvalue weighted by molar-refractivity contribution is 0.558. The van der Waals surface area contributed by atoms with E-state index >= 15 is 0 Å². The van der Waals surface area contributed by atoms with Gasteiger partial charge in [0.15, 0.2) is 0 Å². The van der Waals surface area contributed by atoms with Crippen LogP contribution in [0.4, 0.5) is 0 Å². The maximum Gasteiger partial charge on any atom is 0.242 e. The van der Waals surface area contributed by atoms with Crippen molar-refractivity contribution in [3.63, 3.8) is 0 Å². The topological polar surface area (TPSA) is 72.2 Å². The summed E-state index contributed by atoms with van der Waals surface area (Å²) in [7, 11) is -3.65. The molecule has 1 aromatic rings. The molecule has 1 rings (SSSR count). The summed E-state index contributed by atoms with van der Waals surface area (Å²) < 4.78 is 27.3. The minimum Gasteiger partial charge on any atom is -0.389 e. The minimum atomic E-state index is -3.65. The van der Waals surface area contributed by atoms with Gasteiger partial charge in [-0.25, -0.2) is 13.1 Å². The van der Waals surface area contributed by atoms with Gasteiger partial charge in [0, 0.05) is 17.4 Å². The number of nitrogens with one attached hydrogen (secondary N) is 1. The molecular formula is C12H17ClN2O2S3. The monoisotopic (exact) mass is 352 g/mol. The number of benzene rings is 1. The molecule has 1 atom stereocenters. The number of thioether (sulfide) groups is 1. The molecule has 1 unspecified atom stereocenters. The smallest absolute Gasteiger partial charge is 0.242 e. The summed E-state index contributed by atoms with van der Waals surface area (Å²) in [6.07, 6.45) is 2.64. The van der Waals surface area contributed by atoms with Crippen molar-refractivity contribution in [2.45, 2.75) is 24.3 Å². The third-order valence-corrected chi connectivity index (χ3v) is 5.66. The lowest BCUT2D eigenvalue weighted by Crippen LogP contribution is -2.36. The van der Waals surface area contributed by atoms with E-state index in [-0.39, 0.29) is 20.9 Å². The molecule has 3 N–H and O–H groups in total. The first-order valence-electron chi connectivity index (χ1n) is 5.92. The number of rotatable bonds is 7. The Kier molecular flexibility index (Phi) is 6.74. The third kappa shape index (κ3) is 4.60. The standard InChI is InChI=1S/C12H17ClN2O2S3/c1-3-9(7-19-2)15-20(16,17)11-5-4-8(12(14)18)6-10(11)13/h4-6,9,15H,3,7H2,1-2H3,(H2,14,18). The maximum absolute atomic E-state index is 12.3. The molecule has 0 saturated carbocycles. The molecule has 0 saturated heterocycles. The average Bonchev–Trinajstić information content (AvgIpc) is 2.37. The van der Waals surface area contributed by atoms with Gasteiger partial charge in [-0.3, -0.25) is 0 Å². The summed E-state index contributed by atoms with van der Waals surface area (Å²) in [6, 6.07) is 4.32. The highest BCUT2D eigenvalue weighted by molar-refractivity contribution is 7.98. The molecule has 20 heavy (non-hydrogen) atoms. The molecule has 0 amide bonds. The molecular weight excluding hydrogens is 336 g/mol. The lowest BCUT2D eigenvalue weighted by Gasteiger charge is -2.16. The van der Waals surface area contributed by atoms with Crippen LogP contribution < -0.4 is 10.5 Å².